The number of hydrogen-bond acceptors (Lipinski definition) is 2. The van der Waals surface area contributed by atoms with Crippen LogP contribution in [0.2, 0.25) is 0 Å². The number of carboxylic acids is 1. The van der Waals surface area contributed by atoms with Gasteiger partial charge in [-0.05, 0) is 30.0 Å². The maximum Gasteiger partial charge on any atom is 0.336 e. The number of hydrogen-bond donors (Lipinski definition) is 1. The minimum Gasteiger partial charge on any atom is -0.478 e. The molecule has 0 aliphatic rings. The number of carboxylic acid groups (broad SMARTS) is 1. The molecule has 0 heterocycles. The average Bonchev–Trinajstić information content (AvgIpc) is 2.25. The molecule has 3 nitrogen and oxygen atoms in total. The lowest BCUT2D eigenvalue weighted by atomic mass is 10.1. The fraction of sp³-hybridized carbons (Fsp3) is 0.462. The molecule has 0 aromatic heterocycles. The Morgan fingerprint density at radius 2 is 2.18 bits per heavy atom. The number of carbonyl (C=O) groups is 1. The van der Waals surface area contributed by atoms with Crippen molar-refractivity contribution in [2.75, 3.05) is 6.61 Å². The Bertz CT molecular complexity index is 388. The highest BCUT2D eigenvalue weighted by Gasteiger charge is 2.11. The van der Waals surface area contributed by atoms with Crippen LogP contribution in [-0.2, 0) is 11.3 Å². The molecule has 0 aliphatic carbocycles. The lowest BCUT2D eigenvalue weighted by molar-refractivity contribution is 0.0684. The molecule has 4 heteroatoms. The van der Waals surface area contributed by atoms with Crippen molar-refractivity contribution < 1.29 is 19.0 Å². The zero-order chi connectivity index (χ0) is 12.8. The van der Waals surface area contributed by atoms with Gasteiger partial charge < -0.3 is 9.84 Å². The van der Waals surface area contributed by atoms with Crippen LogP contribution in [0, 0.1) is 11.7 Å². The largest absolute Gasteiger partial charge is 0.478 e. The van der Waals surface area contributed by atoms with Gasteiger partial charge in [0.05, 0.1) is 12.2 Å². The minimum atomic E-state index is -1.13. The Labute approximate surface area is 100 Å². The van der Waals surface area contributed by atoms with Gasteiger partial charge in [-0.25, -0.2) is 9.18 Å². The third-order valence-electron chi connectivity index (χ3n) is 2.40. The van der Waals surface area contributed by atoms with Gasteiger partial charge in [0.15, 0.2) is 0 Å². The van der Waals surface area contributed by atoms with E-state index >= 15 is 0 Å². The summed E-state index contributed by atoms with van der Waals surface area (Å²) in [6.45, 7) is 4.95. The Hall–Kier alpha value is -1.42. The molecule has 0 radical (unpaired) electrons. The van der Waals surface area contributed by atoms with Crippen molar-refractivity contribution >= 4 is 5.97 Å². The maximum atomic E-state index is 12.9. The van der Waals surface area contributed by atoms with Crippen molar-refractivity contribution in [3.63, 3.8) is 0 Å². The van der Waals surface area contributed by atoms with Crippen molar-refractivity contribution in [3.05, 3.63) is 35.1 Å². The molecule has 0 amide bonds. The van der Waals surface area contributed by atoms with Crippen LogP contribution in [0.5, 0.6) is 0 Å². The standard InChI is InChI=1S/C13H17FO3/c1-9(2)5-6-17-8-10-3-4-11(14)7-12(10)13(15)16/h3-4,7,9H,5-6,8H2,1-2H3,(H,15,16). The molecule has 1 N–H and O–H groups in total. The Morgan fingerprint density at radius 3 is 2.76 bits per heavy atom. The van der Waals surface area contributed by atoms with E-state index in [2.05, 4.69) is 13.8 Å². The highest BCUT2D eigenvalue weighted by molar-refractivity contribution is 5.89. The number of ether oxygens (including phenoxy) is 1. The third-order valence-corrected chi connectivity index (χ3v) is 2.40. The summed E-state index contributed by atoms with van der Waals surface area (Å²) in [4.78, 5) is 10.9. The van der Waals surface area contributed by atoms with E-state index in [9.17, 15) is 9.18 Å². The lowest BCUT2D eigenvalue weighted by Gasteiger charge is -2.08. The lowest BCUT2D eigenvalue weighted by Crippen LogP contribution is -2.06. The molecular formula is C13H17FO3. The van der Waals surface area contributed by atoms with Crippen LogP contribution in [0.3, 0.4) is 0 Å². The zero-order valence-corrected chi connectivity index (χ0v) is 10.1. The van der Waals surface area contributed by atoms with Gasteiger partial charge in [-0.3, -0.25) is 0 Å². The molecule has 0 bridgehead atoms. The van der Waals surface area contributed by atoms with E-state index in [0.717, 1.165) is 12.5 Å². The zero-order valence-electron chi connectivity index (χ0n) is 10.1. The van der Waals surface area contributed by atoms with Gasteiger partial charge in [-0.1, -0.05) is 19.9 Å². The van der Waals surface area contributed by atoms with E-state index < -0.39 is 11.8 Å². The van der Waals surface area contributed by atoms with E-state index in [-0.39, 0.29) is 12.2 Å². The van der Waals surface area contributed by atoms with Gasteiger partial charge in [0.25, 0.3) is 0 Å². The smallest absolute Gasteiger partial charge is 0.336 e. The fourth-order valence-electron chi connectivity index (χ4n) is 1.37. The summed E-state index contributed by atoms with van der Waals surface area (Å²) in [5, 5.41) is 8.91. The average molecular weight is 240 g/mol. The van der Waals surface area contributed by atoms with Crippen LogP contribution in [0.4, 0.5) is 4.39 Å². The number of benzene rings is 1. The van der Waals surface area contributed by atoms with Crippen LogP contribution in [0.1, 0.15) is 36.2 Å². The first-order valence-electron chi connectivity index (χ1n) is 5.60. The van der Waals surface area contributed by atoms with Crippen molar-refractivity contribution in [1.29, 1.82) is 0 Å². The van der Waals surface area contributed by atoms with E-state index in [4.69, 9.17) is 9.84 Å². The predicted molar refractivity (Wildman–Crippen MR) is 62.5 cm³/mol. The molecule has 1 aromatic carbocycles. The van der Waals surface area contributed by atoms with Crippen LogP contribution in [-0.4, -0.2) is 17.7 Å². The van der Waals surface area contributed by atoms with Crippen molar-refractivity contribution in [1.82, 2.24) is 0 Å². The summed E-state index contributed by atoms with van der Waals surface area (Å²) in [6.07, 6.45) is 0.920. The quantitative estimate of drug-likeness (QED) is 0.777. The first-order valence-corrected chi connectivity index (χ1v) is 5.60. The van der Waals surface area contributed by atoms with Crippen LogP contribution >= 0.6 is 0 Å². The molecule has 0 aliphatic heterocycles. The van der Waals surface area contributed by atoms with Gasteiger partial charge in [0, 0.05) is 6.61 Å². The van der Waals surface area contributed by atoms with Crippen LogP contribution in [0.15, 0.2) is 18.2 Å². The summed E-state index contributed by atoms with van der Waals surface area (Å²) in [5.74, 6) is -1.14. The summed E-state index contributed by atoms with van der Waals surface area (Å²) >= 11 is 0. The molecule has 1 rings (SSSR count). The number of rotatable bonds is 6. The first-order chi connectivity index (χ1) is 8.00. The van der Waals surface area contributed by atoms with Crippen LogP contribution in [0.25, 0.3) is 0 Å². The summed E-state index contributed by atoms with van der Waals surface area (Å²) in [7, 11) is 0. The van der Waals surface area contributed by atoms with E-state index in [1.54, 1.807) is 0 Å². The monoisotopic (exact) mass is 240 g/mol. The highest BCUT2D eigenvalue weighted by Crippen LogP contribution is 2.13. The number of aromatic carboxylic acids is 1. The molecule has 0 saturated carbocycles. The van der Waals surface area contributed by atoms with Gasteiger partial charge in [-0.15, -0.1) is 0 Å². The Balaban J connectivity index is 2.61. The summed E-state index contributed by atoms with van der Waals surface area (Å²) in [5.41, 5.74) is 0.470. The third kappa shape index (κ3) is 4.53. The normalized spacial score (nSPS) is 10.8. The molecule has 17 heavy (non-hydrogen) atoms. The molecule has 1 aromatic rings. The van der Waals surface area contributed by atoms with E-state index in [1.165, 1.54) is 12.1 Å². The molecule has 0 atom stereocenters. The van der Waals surface area contributed by atoms with Gasteiger partial charge in [0.1, 0.15) is 5.82 Å². The fourth-order valence-corrected chi connectivity index (χ4v) is 1.37. The van der Waals surface area contributed by atoms with Crippen molar-refractivity contribution in [2.45, 2.75) is 26.9 Å². The minimum absolute atomic E-state index is 0.0328. The molecule has 0 unspecified atom stereocenters. The highest BCUT2D eigenvalue weighted by atomic mass is 19.1. The van der Waals surface area contributed by atoms with E-state index in [0.29, 0.717) is 18.1 Å². The second-order valence-corrected chi connectivity index (χ2v) is 4.34. The van der Waals surface area contributed by atoms with Crippen molar-refractivity contribution in [3.8, 4) is 0 Å². The SMILES string of the molecule is CC(C)CCOCc1ccc(F)cc1C(=O)O. The molecule has 0 spiro atoms. The molecule has 0 saturated heterocycles. The van der Waals surface area contributed by atoms with Gasteiger partial charge >= 0.3 is 5.97 Å². The topological polar surface area (TPSA) is 46.5 Å². The van der Waals surface area contributed by atoms with Crippen LogP contribution < -0.4 is 0 Å². The second-order valence-electron chi connectivity index (χ2n) is 4.34. The summed E-state index contributed by atoms with van der Waals surface area (Å²) < 4.78 is 18.3. The molecular weight excluding hydrogens is 223 g/mol. The van der Waals surface area contributed by atoms with Crippen molar-refractivity contribution in [2.24, 2.45) is 5.92 Å². The first kappa shape index (κ1) is 13.6. The van der Waals surface area contributed by atoms with Gasteiger partial charge in [0.2, 0.25) is 0 Å². The maximum absolute atomic E-state index is 12.9. The van der Waals surface area contributed by atoms with Gasteiger partial charge in [-0.2, -0.15) is 0 Å². The molecule has 94 valence electrons. The molecule has 0 fully saturated rings. The Morgan fingerprint density at radius 1 is 1.47 bits per heavy atom. The Kier molecular flexibility index (Phi) is 5.10. The predicted octanol–water partition coefficient (Wildman–Crippen LogP) is 3.09. The van der Waals surface area contributed by atoms with E-state index in [1.807, 2.05) is 0 Å². The second kappa shape index (κ2) is 6.35. The number of halogens is 1. The summed E-state index contributed by atoms with van der Waals surface area (Å²) in [6, 6.07) is 3.71.